The number of halogens is 3. The van der Waals surface area contributed by atoms with Crippen molar-refractivity contribution < 1.29 is 32.3 Å². The number of carboxylic acids is 1. The van der Waals surface area contributed by atoms with Crippen LogP contribution in [0.3, 0.4) is 0 Å². The average Bonchev–Trinajstić information content (AvgIpc) is 3.41. The van der Waals surface area contributed by atoms with E-state index in [0.29, 0.717) is 22.8 Å². The van der Waals surface area contributed by atoms with Gasteiger partial charge in [-0.15, -0.1) is 0 Å². The number of nitrogens with one attached hydrogen (secondary N) is 2. The van der Waals surface area contributed by atoms with E-state index in [4.69, 9.17) is 20.1 Å². The first-order valence-electron chi connectivity index (χ1n) is 13.0. The molecule has 0 saturated carbocycles. The van der Waals surface area contributed by atoms with Gasteiger partial charge in [0.1, 0.15) is 23.3 Å². The highest BCUT2D eigenvalue weighted by atomic mass is 19.4. The SMILES string of the molecule is NCc1cc(C(=O)Nc2ccc(Nc3cc(-c4cccc5c4oc4ccccc45)ncn3)cc2)ccn1.O=C(O)C(F)(F)F. The van der Waals surface area contributed by atoms with Gasteiger partial charge < -0.3 is 25.9 Å². The fourth-order valence-corrected chi connectivity index (χ4v) is 4.24. The monoisotopic (exact) mass is 600 g/mol. The Morgan fingerprint density at radius 3 is 2.30 bits per heavy atom. The number of rotatable bonds is 6. The Labute approximate surface area is 247 Å². The number of carbonyl (C=O) groups is 2. The summed E-state index contributed by atoms with van der Waals surface area (Å²) in [6.45, 7) is 0.277. The second kappa shape index (κ2) is 12.6. The molecule has 0 radical (unpaired) electrons. The Kier molecular flexibility index (Phi) is 8.49. The predicted octanol–water partition coefficient (Wildman–Crippen LogP) is 6.53. The molecule has 0 aliphatic heterocycles. The molecule has 222 valence electrons. The Bertz CT molecular complexity index is 1960. The summed E-state index contributed by atoms with van der Waals surface area (Å²) in [5, 5.41) is 15.4. The molecule has 10 nitrogen and oxygen atoms in total. The van der Waals surface area contributed by atoms with E-state index in [9.17, 15) is 18.0 Å². The number of aromatic nitrogens is 3. The van der Waals surface area contributed by atoms with E-state index >= 15 is 0 Å². The molecule has 3 heterocycles. The average molecular weight is 601 g/mol. The molecule has 5 N–H and O–H groups in total. The summed E-state index contributed by atoms with van der Waals surface area (Å²) in [5.41, 5.74) is 11.5. The maximum absolute atomic E-state index is 12.6. The number of fused-ring (bicyclic) bond motifs is 3. The largest absolute Gasteiger partial charge is 0.490 e. The van der Waals surface area contributed by atoms with E-state index < -0.39 is 12.1 Å². The van der Waals surface area contributed by atoms with Crippen LogP contribution in [0.4, 0.5) is 30.4 Å². The molecular weight excluding hydrogens is 577 g/mol. The number of para-hydroxylation sites is 2. The van der Waals surface area contributed by atoms with E-state index in [1.165, 1.54) is 6.33 Å². The minimum Gasteiger partial charge on any atom is -0.475 e. The third-order valence-electron chi connectivity index (χ3n) is 6.29. The minimum absolute atomic E-state index is 0.224. The quantitative estimate of drug-likeness (QED) is 0.167. The van der Waals surface area contributed by atoms with Gasteiger partial charge in [-0.2, -0.15) is 13.2 Å². The first-order valence-corrected chi connectivity index (χ1v) is 13.0. The lowest BCUT2D eigenvalue weighted by Gasteiger charge is -2.10. The summed E-state index contributed by atoms with van der Waals surface area (Å²) < 4.78 is 37.9. The van der Waals surface area contributed by atoms with Gasteiger partial charge in [-0.1, -0.05) is 30.3 Å². The second-order valence-electron chi connectivity index (χ2n) is 9.27. The van der Waals surface area contributed by atoms with Crippen LogP contribution in [0.1, 0.15) is 16.1 Å². The van der Waals surface area contributed by atoms with E-state index in [2.05, 4.69) is 37.7 Å². The molecule has 0 saturated heterocycles. The fourth-order valence-electron chi connectivity index (χ4n) is 4.24. The molecule has 13 heteroatoms. The minimum atomic E-state index is -5.08. The van der Waals surface area contributed by atoms with Gasteiger partial charge in [0.25, 0.3) is 5.91 Å². The number of nitrogens with zero attached hydrogens (tertiary/aromatic N) is 3. The van der Waals surface area contributed by atoms with Gasteiger partial charge in [0.05, 0.1) is 11.4 Å². The van der Waals surface area contributed by atoms with E-state index in [0.717, 1.165) is 38.9 Å². The molecular formula is C31H23F3N6O4. The van der Waals surface area contributed by atoms with Gasteiger partial charge in [0.15, 0.2) is 0 Å². The number of hydrogen-bond donors (Lipinski definition) is 4. The molecule has 0 spiro atoms. The molecule has 0 bridgehead atoms. The number of benzene rings is 3. The number of amides is 1. The van der Waals surface area contributed by atoms with Crippen LogP contribution in [0, 0.1) is 0 Å². The first kappa shape index (κ1) is 29.7. The van der Waals surface area contributed by atoms with Crippen molar-refractivity contribution in [2.45, 2.75) is 12.7 Å². The van der Waals surface area contributed by atoms with Crippen LogP contribution < -0.4 is 16.4 Å². The van der Waals surface area contributed by atoms with E-state index in [1.807, 2.05) is 60.7 Å². The zero-order chi connectivity index (χ0) is 31.3. The predicted molar refractivity (Wildman–Crippen MR) is 158 cm³/mol. The first-order chi connectivity index (χ1) is 21.1. The van der Waals surface area contributed by atoms with Crippen LogP contribution in [0.2, 0.25) is 0 Å². The van der Waals surface area contributed by atoms with E-state index in [-0.39, 0.29) is 12.5 Å². The maximum Gasteiger partial charge on any atom is 0.490 e. The van der Waals surface area contributed by atoms with Crippen molar-refractivity contribution in [3.05, 3.63) is 109 Å². The number of furan rings is 1. The normalized spacial score (nSPS) is 11.1. The van der Waals surface area contributed by atoms with Crippen LogP contribution >= 0.6 is 0 Å². The highest BCUT2D eigenvalue weighted by molar-refractivity contribution is 6.09. The van der Waals surface area contributed by atoms with Crippen molar-refractivity contribution in [1.82, 2.24) is 15.0 Å². The standard InChI is InChI=1S/C29H22N6O2.C2HF3O2/c30-16-21-14-18(12-13-31-21)29(36)35-20-10-8-19(9-11-20)34-27-15-25(32-17-33-27)24-6-3-5-23-22-4-1-2-7-26(22)37-28(23)24;3-2(4,5)1(6)7/h1-15,17H,16,30H2,(H,35,36)(H,32,33,34);(H,6,7). The van der Waals surface area contributed by atoms with Crippen molar-refractivity contribution in [1.29, 1.82) is 0 Å². The molecule has 0 fully saturated rings. The Morgan fingerprint density at radius 1 is 0.864 bits per heavy atom. The van der Waals surface area contributed by atoms with Gasteiger partial charge in [-0.25, -0.2) is 14.8 Å². The van der Waals surface area contributed by atoms with Gasteiger partial charge in [-0.05, 0) is 48.5 Å². The maximum atomic E-state index is 12.6. The zero-order valence-corrected chi connectivity index (χ0v) is 22.7. The van der Waals surface area contributed by atoms with Gasteiger partial charge in [0.2, 0.25) is 0 Å². The van der Waals surface area contributed by atoms with Crippen molar-refractivity contribution in [2.75, 3.05) is 10.6 Å². The van der Waals surface area contributed by atoms with Crippen molar-refractivity contribution in [3.8, 4) is 11.3 Å². The van der Waals surface area contributed by atoms with Crippen molar-refractivity contribution in [3.63, 3.8) is 0 Å². The number of carbonyl (C=O) groups excluding carboxylic acids is 1. The molecule has 3 aromatic carbocycles. The van der Waals surface area contributed by atoms with Crippen molar-refractivity contribution >= 4 is 51.0 Å². The lowest BCUT2D eigenvalue weighted by molar-refractivity contribution is -0.192. The number of pyridine rings is 1. The number of hydrogen-bond acceptors (Lipinski definition) is 8. The Morgan fingerprint density at radius 2 is 1.57 bits per heavy atom. The van der Waals surface area contributed by atoms with Gasteiger partial charge in [0, 0.05) is 52.1 Å². The second-order valence-corrected chi connectivity index (χ2v) is 9.27. The number of nitrogens with two attached hydrogens (primary N) is 1. The summed E-state index contributed by atoms with van der Waals surface area (Å²) in [4.78, 5) is 34.4. The molecule has 3 aromatic heterocycles. The van der Waals surface area contributed by atoms with Crippen LogP contribution in [-0.4, -0.2) is 38.1 Å². The van der Waals surface area contributed by atoms with Crippen molar-refractivity contribution in [2.24, 2.45) is 5.73 Å². The highest BCUT2D eigenvalue weighted by Gasteiger charge is 2.38. The highest BCUT2D eigenvalue weighted by Crippen LogP contribution is 2.35. The summed E-state index contributed by atoms with van der Waals surface area (Å²) in [6.07, 6.45) is -1.98. The number of carboxylic acid groups (broad SMARTS) is 1. The number of aliphatic carboxylic acids is 1. The fraction of sp³-hybridized carbons (Fsp3) is 0.0645. The molecule has 0 unspecified atom stereocenters. The number of anilines is 3. The molecule has 0 atom stereocenters. The Hall–Kier alpha value is -5.82. The van der Waals surface area contributed by atoms with Crippen LogP contribution in [-0.2, 0) is 11.3 Å². The lowest BCUT2D eigenvalue weighted by Crippen LogP contribution is -2.21. The van der Waals surface area contributed by atoms with Gasteiger partial charge >= 0.3 is 12.1 Å². The van der Waals surface area contributed by atoms with E-state index in [1.54, 1.807) is 18.3 Å². The summed E-state index contributed by atoms with van der Waals surface area (Å²) in [6, 6.07) is 26.6. The molecule has 6 aromatic rings. The zero-order valence-electron chi connectivity index (χ0n) is 22.7. The molecule has 0 aliphatic carbocycles. The third kappa shape index (κ3) is 6.79. The Balaban J connectivity index is 0.000000493. The third-order valence-corrected chi connectivity index (χ3v) is 6.29. The lowest BCUT2D eigenvalue weighted by atomic mass is 10.1. The summed E-state index contributed by atoms with van der Waals surface area (Å²) in [7, 11) is 0. The molecule has 44 heavy (non-hydrogen) atoms. The van der Waals surface area contributed by atoms with Crippen LogP contribution in [0.25, 0.3) is 33.2 Å². The topological polar surface area (TPSA) is 156 Å². The smallest absolute Gasteiger partial charge is 0.475 e. The van der Waals surface area contributed by atoms with Crippen LogP contribution in [0.15, 0.2) is 102 Å². The molecule has 6 rings (SSSR count). The summed E-state index contributed by atoms with van der Waals surface area (Å²) >= 11 is 0. The van der Waals surface area contributed by atoms with Gasteiger partial charge in [-0.3, -0.25) is 9.78 Å². The number of alkyl halides is 3. The summed E-state index contributed by atoms with van der Waals surface area (Å²) in [5.74, 6) is -2.34. The van der Waals surface area contributed by atoms with Crippen LogP contribution in [0.5, 0.6) is 0 Å². The molecule has 0 aliphatic rings. The molecule has 1 amide bonds.